The maximum Gasteiger partial charge on any atom is 0.271 e. The molecule has 0 unspecified atom stereocenters. The van der Waals surface area contributed by atoms with Crippen LogP contribution in [0.15, 0.2) is 58.5 Å². The van der Waals surface area contributed by atoms with Crippen LogP contribution in [0, 0.1) is 0 Å². The number of benzene rings is 2. The van der Waals surface area contributed by atoms with Crippen molar-refractivity contribution in [2.24, 2.45) is 5.10 Å². The summed E-state index contributed by atoms with van der Waals surface area (Å²) in [6.45, 7) is 1.31. The summed E-state index contributed by atoms with van der Waals surface area (Å²) in [6, 6.07) is 13.1. The van der Waals surface area contributed by atoms with Crippen molar-refractivity contribution >= 4 is 22.1 Å². The lowest BCUT2D eigenvalue weighted by Crippen LogP contribution is -2.40. The Labute approximate surface area is 163 Å². The van der Waals surface area contributed by atoms with E-state index in [1.54, 1.807) is 31.4 Å². The van der Waals surface area contributed by atoms with Crippen LogP contribution in [-0.4, -0.2) is 58.3 Å². The maximum atomic E-state index is 12.7. The molecule has 3 rings (SSSR count). The number of sulfonamides is 1. The van der Waals surface area contributed by atoms with Gasteiger partial charge in [-0.3, -0.25) is 4.79 Å². The van der Waals surface area contributed by atoms with Crippen LogP contribution < -0.4 is 10.2 Å². The zero-order chi connectivity index (χ0) is 20.0. The molecule has 0 saturated carbocycles. The number of morpholine rings is 1. The van der Waals surface area contributed by atoms with Crippen molar-refractivity contribution in [3.63, 3.8) is 0 Å². The highest BCUT2D eigenvalue weighted by Gasteiger charge is 2.26. The smallest absolute Gasteiger partial charge is 0.271 e. The molecule has 0 aliphatic carbocycles. The molecule has 1 saturated heterocycles. The average Bonchev–Trinajstić information content (AvgIpc) is 2.75. The summed E-state index contributed by atoms with van der Waals surface area (Å²) < 4.78 is 37.1. The highest BCUT2D eigenvalue weighted by atomic mass is 32.2. The topological polar surface area (TPSA) is 97.3 Å². The standard InChI is InChI=1S/C19H21N3O5S/c1-26-17-7-5-15(6-8-17)14-20-21-19(23)16-3-2-4-18(13-16)28(24,25)22-9-11-27-12-10-22/h2-8,13-14H,9-12H2,1H3,(H,21,23)/b20-14-. The molecule has 1 N–H and O–H groups in total. The van der Waals surface area contributed by atoms with Crippen LogP contribution >= 0.6 is 0 Å². The Morgan fingerprint density at radius 2 is 1.89 bits per heavy atom. The van der Waals surface area contributed by atoms with E-state index in [2.05, 4.69) is 10.5 Å². The molecule has 9 heteroatoms. The molecule has 0 atom stereocenters. The summed E-state index contributed by atoms with van der Waals surface area (Å²) >= 11 is 0. The SMILES string of the molecule is COc1ccc(/C=N\NC(=O)c2cccc(S(=O)(=O)N3CCOCC3)c2)cc1. The Hall–Kier alpha value is -2.75. The molecule has 1 aliphatic heterocycles. The molecule has 2 aromatic carbocycles. The first kappa shape index (κ1) is 20.0. The fourth-order valence-corrected chi connectivity index (χ4v) is 4.11. The van der Waals surface area contributed by atoms with Gasteiger partial charge in [-0.05, 0) is 48.0 Å². The van der Waals surface area contributed by atoms with Crippen molar-refractivity contribution in [1.82, 2.24) is 9.73 Å². The molecule has 148 valence electrons. The molecule has 1 aliphatic rings. The minimum Gasteiger partial charge on any atom is -0.497 e. The highest BCUT2D eigenvalue weighted by Crippen LogP contribution is 2.18. The molecule has 1 heterocycles. The van der Waals surface area contributed by atoms with Crippen LogP contribution in [0.25, 0.3) is 0 Å². The summed E-state index contributed by atoms with van der Waals surface area (Å²) in [4.78, 5) is 12.4. The first-order valence-corrected chi connectivity index (χ1v) is 10.1. The minimum absolute atomic E-state index is 0.0705. The Morgan fingerprint density at radius 3 is 2.57 bits per heavy atom. The van der Waals surface area contributed by atoms with Crippen LogP contribution in [0.4, 0.5) is 0 Å². The summed E-state index contributed by atoms with van der Waals surface area (Å²) in [6.07, 6.45) is 1.49. The molecular formula is C19H21N3O5S. The summed E-state index contributed by atoms with van der Waals surface area (Å²) in [5.74, 6) is 0.225. The third-order valence-corrected chi connectivity index (χ3v) is 6.09. The van der Waals surface area contributed by atoms with Crippen molar-refractivity contribution in [2.45, 2.75) is 4.90 Å². The first-order valence-electron chi connectivity index (χ1n) is 8.66. The van der Waals surface area contributed by atoms with Crippen LogP contribution in [0.1, 0.15) is 15.9 Å². The largest absolute Gasteiger partial charge is 0.497 e. The van der Waals surface area contributed by atoms with Crippen molar-refractivity contribution in [3.05, 3.63) is 59.7 Å². The molecular weight excluding hydrogens is 382 g/mol. The van der Waals surface area contributed by atoms with Gasteiger partial charge in [-0.25, -0.2) is 13.8 Å². The van der Waals surface area contributed by atoms with Gasteiger partial charge in [0.15, 0.2) is 0 Å². The zero-order valence-electron chi connectivity index (χ0n) is 15.4. The predicted octanol–water partition coefficient (Wildman–Crippen LogP) is 1.48. The van der Waals surface area contributed by atoms with Gasteiger partial charge >= 0.3 is 0 Å². The quantitative estimate of drug-likeness (QED) is 0.582. The summed E-state index contributed by atoms with van der Waals surface area (Å²) in [5, 5.41) is 3.91. The van der Waals surface area contributed by atoms with E-state index < -0.39 is 15.9 Å². The van der Waals surface area contributed by atoms with E-state index in [0.717, 1.165) is 11.3 Å². The second-order valence-electron chi connectivity index (χ2n) is 6.02. The molecule has 0 aromatic heterocycles. The fraction of sp³-hybridized carbons (Fsp3) is 0.263. The number of amides is 1. The van der Waals surface area contributed by atoms with Crippen molar-refractivity contribution < 1.29 is 22.7 Å². The van der Waals surface area contributed by atoms with Gasteiger partial charge < -0.3 is 9.47 Å². The monoisotopic (exact) mass is 403 g/mol. The molecule has 0 bridgehead atoms. The Morgan fingerprint density at radius 1 is 1.18 bits per heavy atom. The molecule has 0 radical (unpaired) electrons. The lowest BCUT2D eigenvalue weighted by atomic mass is 10.2. The number of ether oxygens (including phenoxy) is 2. The van der Waals surface area contributed by atoms with E-state index in [1.807, 2.05) is 0 Å². The van der Waals surface area contributed by atoms with Gasteiger partial charge in [-0.15, -0.1) is 0 Å². The van der Waals surface area contributed by atoms with Crippen molar-refractivity contribution in [3.8, 4) is 5.75 Å². The van der Waals surface area contributed by atoms with E-state index in [1.165, 1.54) is 34.8 Å². The third kappa shape index (κ3) is 4.75. The summed E-state index contributed by atoms with van der Waals surface area (Å²) in [7, 11) is -2.09. The van der Waals surface area contributed by atoms with Gasteiger partial charge in [0.2, 0.25) is 10.0 Å². The second kappa shape index (κ2) is 8.96. The second-order valence-corrected chi connectivity index (χ2v) is 7.95. The Balaban J connectivity index is 1.68. The zero-order valence-corrected chi connectivity index (χ0v) is 16.2. The molecule has 1 amide bonds. The number of rotatable bonds is 6. The number of nitrogens with one attached hydrogen (secondary N) is 1. The fourth-order valence-electron chi connectivity index (χ4n) is 2.65. The first-order chi connectivity index (χ1) is 13.5. The van der Waals surface area contributed by atoms with Gasteiger partial charge in [-0.1, -0.05) is 6.07 Å². The van der Waals surface area contributed by atoms with E-state index in [0.29, 0.717) is 26.3 Å². The van der Waals surface area contributed by atoms with Crippen molar-refractivity contribution in [2.75, 3.05) is 33.4 Å². The number of carbonyl (C=O) groups is 1. The number of hydrazone groups is 1. The maximum absolute atomic E-state index is 12.7. The average molecular weight is 403 g/mol. The lowest BCUT2D eigenvalue weighted by molar-refractivity contribution is 0.0730. The molecule has 28 heavy (non-hydrogen) atoms. The third-order valence-electron chi connectivity index (χ3n) is 4.20. The van der Waals surface area contributed by atoms with Gasteiger partial charge in [0.25, 0.3) is 5.91 Å². The summed E-state index contributed by atoms with van der Waals surface area (Å²) in [5.41, 5.74) is 3.40. The number of methoxy groups -OCH3 is 1. The number of nitrogens with zero attached hydrogens (tertiary/aromatic N) is 2. The van der Waals surface area contributed by atoms with E-state index in [4.69, 9.17) is 9.47 Å². The number of hydrogen-bond acceptors (Lipinski definition) is 6. The van der Waals surface area contributed by atoms with Crippen molar-refractivity contribution in [1.29, 1.82) is 0 Å². The van der Waals surface area contributed by atoms with Gasteiger partial charge in [0, 0.05) is 18.7 Å². The van der Waals surface area contributed by atoms with Crippen LogP contribution in [0.2, 0.25) is 0 Å². The van der Waals surface area contributed by atoms with E-state index in [-0.39, 0.29) is 10.5 Å². The van der Waals surface area contributed by atoms with E-state index >= 15 is 0 Å². The highest BCUT2D eigenvalue weighted by molar-refractivity contribution is 7.89. The minimum atomic E-state index is -3.67. The Kier molecular flexibility index (Phi) is 6.40. The van der Waals surface area contributed by atoms with Gasteiger partial charge in [-0.2, -0.15) is 9.41 Å². The molecule has 2 aromatic rings. The number of hydrogen-bond donors (Lipinski definition) is 1. The van der Waals surface area contributed by atoms with E-state index in [9.17, 15) is 13.2 Å². The van der Waals surface area contributed by atoms with Crippen LogP contribution in [-0.2, 0) is 14.8 Å². The van der Waals surface area contributed by atoms with Gasteiger partial charge in [0.1, 0.15) is 5.75 Å². The lowest BCUT2D eigenvalue weighted by Gasteiger charge is -2.26. The molecule has 8 nitrogen and oxygen atoms in total. The number of carbonyl (C=O) groups excluding carboxylic acids is 1. The van der Waals surface area contributed by atoms with Crippen LogP contribution in [0.3, 0.4) is 0 Å². The molecule has 1 fully saturated rings. The van der Waals surface area contributed by atoms with Gasteiger partial charge in [0.05, 0.1) is 31.4 Å². The normalized spacial score (nSPS) is 15.5. The predicted molar refractivity (Wildman–Crippen MR) is 104 cm³/mol. The van der Waals surface area contributed by atoms with Crippen LogP contribution in [0.5, 0.6) is 5.75 Å². The Bertz CT molecular complexity index is 952. The molecule has 0 spiro atoms.